The third-order valence-electron chi connectivity index (χ3n) is 5.01. The quantitative estimate of drug-likeness (QED) is 0.485. The van der Waals surface area contributed by atoms with Gasteiger partial charge in [0.15, 0.2) is 0 Å². The lowest BCUT2D eigenvalue weighted by Gasteiger charge is -2.36. The number of sulfonamides is 1. The van der Waals surface area contributed by atoms with Gasteiger partial charge in [0.05, 0.1) is 31.9 Å². The standard InChI is InChI=1S/C15H33N2O2S/c1-4-17(5-2,6-3)14-10-11-15-20(18,19)16-12-8-7-9-13-16/h4-15H2,1-3H3/q+1. The summed E-state index contributed by atoms with van der Waals surface area (Å²) < 4.78 is 27.3. The van der Waals surface area contributed by atoms with E-state index in [2.05, 4.69) is 20.8 Å². The molecule has 120 valence electrons. The Morgan fingerprint density at radius 3 is 1.95 bits per heavy atom. The molecule has 0 aromatic heterocycles. The Hall–Kier alpha value is -0.130. The van der Waals surface area contributed by atoms with Crippen LogP contribution in [-0.2, 0) is 10.0 Å². The van der Waals surface area contributed by atoms with Crippen LogP contribution >= 0.6 is 0 Å². The fourth-order valence-electron chi connectivity index (χ4n) is 3.15. The molecule has 0 N–H and O–H groups in total. The first kappa shape index (κ1) is 17.9. The van der Waals surface area contributed by atoms with Gasteiger partial charge in [-0.1, -0.05) is 6.42 Å². The van der Waals surface area contributed by atoms with E-state index in [0.29, 0.717) is 5.75 Å². The topological polar surface area (TPSA) is 37.4 Å². The van der Waals surface area contributed by atoms with Gasteiger partial charge in [0.1, 0.15) is 0 Å². The van der Waals surface area contributed by atoms with Crippen molar-refractivity contribution in [3.63, 3.8) is 0 Å². The zero-order valence-electron chi connectivity index (χ0n) is 13.6. The Bertz CT molecular complexity index is 350. The number of piperidine rings is 1. The molecule has 0 aliphatic carbocycles. The fraction of sp³-hybridized carbons (Fsp3) is 1.00. The van der Waals surface area contributed by atoms with Gasteiger partial charge >= 0.3 is 0 Å². The summed E-state index contributed by atoms with van der Waals surface area (Å²) in [6.07, 6.45) is 5.05. The van der Waals surface area contributed by atoms with Crippen LogP contribution in [0.5, 0.6) is 0 Å². The molecule has 5 heteroatoms. The Balaban J connectivity index is 2.36. The third kappa shape index (κ3) is 5.01. The second-order valence-corrected chi connectivity index (χ2v) is 8.09. The minimum Gasteiger partial charge on any atom is -0.324 e. The second-order valence-electron chi connectivity index (χ2n) is 6.00. The van der Waals surface area contributed by atoms with Gasteiger partial charge in [-0.2, -0.15) is 0 Å². The van der Waals surface area contributed by atoms with Crippen LogP contribution < -0.4 is 0 Å². The Labute approximate surface area is 125 Å². The van der Waals surface area contributed by atoms with Crippen molar-refractivity contribution in [2.75, 3.05) is 45.0 Å². The van der Waals surface area contributed by atoms with Crippen LogP contribution in [0.15, 0.2) is 0 Å². The molecule has 0 atom stereocenters. The zero-order valence-corrected chi connectivity index (χ0v) is 14.4. The maximum Gasteiger partial charge on any atom is 0.214 e. The van der Waals surface area contributed by atoms with Gasteiger partial charge in [-0.05, 0) is 46.5 Å². The molecular weight excluding hydrogens is 272 g/mol. The molecule has 0 spiro atoms. The van der Waals surface area contributed by atoms with E-state index < -0.39 is 10.0 Å². The molecule has 1 aliphatic rings. The summed E-state index contributed by atoms with van der Waals surface area (Å²) in [6.45, 7) is 12.7. The lowest BCUT2D eigenvalue weighted by Crippen LogP contribution is -2.48. The van der Waals surface area contributed by atoms with Crippen LogP contribution in [0, 0.1) is 0 Å². The van der Waals surface area contributed by atoms with Crippen LogP contribution in [-0.4, -0.2) is 62.2 Å². The molecule has 1 rings (SSSR count). The van der Waals surface area contributed by atoms with Crippen molar-refractivity contribution in [3.8, 4) is 0 Å². The van der Waals surface area contributed by atoms with E-state index in [4.69, 9.17) is 0 Å². The van der Waals surface area contributed by atoms with E-state index in [1.54, 1.807) is 4.31 Å². The molecule has 0 unspecified atom stereocenters. The molecular formula is C15H33N2O2S+. The van der Waals surface area contributed by atoms with E-state index in [0.717, 1.165) is 69.4 Å². The minimum atomic E-state index is -2.99. The lowest BCUT2D eigenvalue weighted by atomic mass is 10.2. The first-order chi connectivity index (χ1) is 9.49. The molecule has 0 amide bonds. The highest BCUT2D eigenvalue weighted by Crippen LogP contribution is 2.15. The highest BCUT2D eigenvalue weighted by Gasteiger charge is 2.24. The van der Waals surface area contributed by atoms with Crippen molar-refractivity contribution < 1.29 is 12.9 Å². The van der Waals surface area contributed by atoms with Crippen LogP contribution in [0.3, 0.4) is 0 Å². The predicted molar refractivity (Wildman–Crippen MR) is 85.2 cm³/mol. The summed E-state index contributed by atoms with van der Waals surface area (Å²) in [4.78, 5) is 0. The van der Waals surface area contributed by atoms with Gasteiger partial charge in [0.25, 0.3) is 0 Å². The normalized spacial score (nSPS) is 18.4. The minimum absolute atomic E-state index is 0.337. The predicted octanol–water partition coefficient (Wildman–Crippen LogP) is 2.46. The average Bonchev–Trinajstić information content (AvgIpc) is 2.49. The molecule has 1 fully saturated rings. The number of unbranched alkanes of at least 4 members (excludes halogenated alkanes) is 1. The van der Waals surface area contributed by atoms with Gasteiger partial charge in [-0.25, -0.2) is 12.7 Å². The summed E-state index contributed by atoms with van der Waals surface area (Å²) in [5, 5.41) is 0. The van der Waals surface area contributed by atoms with E-state index in [1.165, 1.54) is 6.42 Å². The highest BCUT2D eigenvalue weighted by molar-refractivity contribution is 7.89. The molecule has 0 radical (unpaired) electrons. The molecule has 20 heavy (non-hydrogen) atoms. The summed E-state index contributed by atoms with van der Waals surface area (Å²) in [6, 6.07) is 0. The number of hydrogen-bond acceptors (Lipinski definition) is 2. The van der Waals surface area contributed by atoms with Crippen molar-refractivity contribution in [3.05, 3.63) is 0 Å². The molecule has 1 heterocycles. The molecule has 0 saturated carbocycles. The number of quaternary nitrogens is 1. The van der Waals surface area contributed by atoms with Crippen LogP contribution in [0.1, 0.15) is 52.9 Å². The molecule has 0 aromatic rings. The van der Waals surface area contributed by atoms with Crippen LogP contribution in [0.4, 0.5) is 0 Å². The van der Waals surface area contributed by atoms with Crippen molar-refractivity contribution in [2.24, 2.45) is 0 Å². The van der Waals surface area contributed by atoms with Crippen LogP contribution in [0.2, 0.25) is 0 Å². The number of nitrogens with zero attached hydrogens (tertiary/aromatic N) is 2. The highest BCUT2D eigenvalue weighted by atomic mass is 32.2. The first-order valence-electron chi connectivity index (χ1n) is 8.32. The van der Waals surface area contributed by atoms with E-state index in [9.17, 15) is 8.42 Å². The summed E-state index contributed by atoms with van der Waals surface area (Å²) in [7, 11) is -2.99. The van der Waals surface area contributed by atoms with Crippen molar-refractivity contribution in [2.45, 2.75) is 52.9 Å². The van der Waals surface area contributed by atoms with Crippen LogP contribution in [0.25, 0.3) is 0 Å². The van der Waals surface area contributed by atoms with Crippen molar-refractivity contribution in [1.29, 1.82) is 0 Å². The fourth-order valence-corrected chi connectivity index (χ4v) is 4.79. The van der Waals surface area contributed by atoms with Crippen molar-refractivity contribution in [1.82, 2.24) is 4.31 Å². The molecule has 1 aliphatic heterocycles. The van der Waals surface area contributed by atoms with Gasteiger partial charge < -0.3 is 4.48 Å². The van der Waals surface area contributed by atoms with E-state index in [-0.39, 0.29) is 0 Å². The number of rotatable bonds is 9. The van der Waals surface area contributed by atoms with E-state index >= 15 is 0 Å². The second kappa shape index (κ2) is 8.35. The smallest absolute Gasteiger partial charge is 0.214 e. The molecule has 1 saturated heterocycles. The maximum absolute atomic E-state index is 12.2. The molecule has 0 bridgehead atoms. The van der Waals surface area contributed by atoms with Gasteiger partial charge in [0.2, 0.25) is 10.0 Å². The zero-order chi connectivity index (χ0) is 15.1. The van der Waals surface area contributed by atoms with E-state index in [1.807, 2.05) is 0 Å². The largest absolute Gasteiger partial charge is 0.324 e. The maximum atomic E-state index is 12.2. The van der Waals surface area contributed by atoms with Gasteiger partial charge in [-0.3, -0.25) is 0 Å². The Morgan fingerprint density at radius 2 is 1.45 bits per heavy atom. The third-order valence-corrected chi connectivity index (χ3v) is 6.96. The monoisotopic (exact) mass is 305 g/mol. The summed E-state index contributed by atoms with van der Waals surface area (Å²) in [5.41, 5.74) is 0. The first-order valence-corrected chi connectivity index (χ1v) is 9.93. The van der Waals surface area contributed by atoms with Gasteiger partial charge in [-0.15, -0.1) is 0 Å². The van der Waals surface area contributed by atoms with Gasteiger partial charge in [0, 0.05) is 13.1 Å². The SMILES string of the molecule is CC[N+](CC)(CC)CCCCS(=O)(=O)N1CCCCC1. The Kier molecular flexibility index (Phi) is 7.48. The number of hydrogen-bond donors (Lipinski definition) is 0. The Morgan fingerprint density at radius 1 is 0.900 bits per heavy atom. The average molecular weight is 306 g/mol. The molecule has 0 aromatic carbocycles. The van der Waals surface area contributed by atoms with Crippen molar-refractivity contribution >= 4 is 10.0 Å². The lowest BCUT2D eigenvalue weighted by molar-refractivity contribution is -0.923. The summed E-state index contributed by atoms with van der Waals surface area (Å²) in [5.74, 6) is 0.337. The molecule has 4 nitrogen and oxygen atoms in total. The summed E-state index contributed by atoms with van der Waals surface area (Å²) >= 11 is 0.